The van der Waals surface area contributed by atoms with Crippen molar-refractivity contribution >= 4 is 11.9 Å². The zero-order valence-corrected chi connectivity index (χ0v) is 5.50. The van der Waals surface area contributed by atoms with E-state index >= 15 is 0 Å². The van der Waals surface area contributed by atoms with Crippen LogP contribution >= 0.6 is 0 Å². The highest BCUT2D eigenvalue weighted by molar-refractivity contribution is 5.81. The number of hydrogen-bond acceptors (Lipinski definition) is 2. The molecule has 0 rings (SSSR count). The van der Waals surface area contributed by atoms with Gasteiger partial charge < -0.3 is 5.11 Å². The molecule has 10 heavy (non-hydrogen) atoms. The minimum atomic E-state index is -1.12. The van der Waals surface area contributed by atoms with Crippen LogP contribution in [0.5, 0.6) is 0 Å². The Kier molecular flexibility index (Phi) is 2.98. The third-order valence-corrected chi connectivity index (χ3v) is 0.829. The van der Waals surface area contributed by atoms with E-state index in [1.807, 2.05) is 6.04 Å². The lowest BCUT2D eigenvalue weighted by molar-refractivity contribution is -0.141. The van der Waals surface area contributed by atoms with Crippen molar-refractivity contribution in [3.63, 3.8) is 0 Å². The Hall–Kier alpha value is -1.50. The third kappa shape index (κ3) is 2.72. The number of carbonyl (C=O) groups is 2. The molecule has 0 bridgehead atoms. The van der Waals surface area contributed by atoms with E-state index in [4.69, 9.17) is 11.5 Å². The summed E-state index contributed by atoms with van der Waals surface area (Å²) in [5, 5.41) is 8.17. The Labute approximate surface area is 58.4 Å². The van der Waals surface area contributed by atoms with Gasteiger partial charge in [-0.15, -0.1) is 0 Å². The summed E-state index contributed by atoms with van der Waals surface area (Å²) in [6, 6.07) is 1.94. The standard InChI is InChI=1S/C6H7NO3/c1-3-7(5(2)8)4-6(9)10/h1H,4H2,2H3,(H,9,10). The first-order chi connectivity index (χ1) is 4.57. The van der Waals surface area contributed by atoms with Gasteiger partial charge in [0.15, 0.2) is 0 Å². The van der Waals surface area contributed by atoms with Gasteiger partial charge in [-0.2, -0.15) is 0 Å². The molecule has 4 nitrogen and oxygen atoms in total. The monoisotopic (exact) mass is 141 g/mol. The minimum absolute atomic E-state index is 0.439. The number of nitrogens with zero attached hydrogens (tertiary/aromatic N) is 1. The van der Waals surface area contributed by atoms with Crippen molar-refractivity contribution in [1.29, 1.82) is 0 Å². The number of terminal acetylenes is 1. The molecule has 1 N–H and O–H groups in total. The lowest BCUT2D eigenvalue weighted by Crippen LogP contribution is -2.29. The summed E-state index contributed by atoms with van der Waals surface area (Å²) in [7, 11) is 0. The van der Waals surface area contributed by atoms with E-state index in [9.17, 15) is 9.59 Å². The second kappa shape index (κ2) is 3.51. The van der Waals surface area contributed by atoms with Gasteiger partial charge in [-0.1, -0.05) is 6.42 Å². The molecule has 0 unspecified atom stereocenters. The van der Waals surface area contributed by atoms with Gasteiger partial charge in [0, 0.05) is 13.0 Å². The van der Waals surface area contributed by atoms with Gasteiger partial charge in [0.1, 0.15) is 6.54 Å². The first-order valence-corrected chi connectivity index (χ1v) is 2.54. The first kappa shape index (κ1) is 8.50. The fourth-order valence-electron chi connectivity index (χ4n) is 0.383. The smallest absolute Gasteiger partial charge is 0.324 e. The maximum absolute atomic E-state index is 10.4. The highest BCUT2D eigenvalue weighted by Gasteiger charge is 2.08. The molecular formula is C6H7NO3. The summed E-state index contributed by atoms with van der Waals surface area (Å²) in [6.07, 6.45) is 4.81. The van der Waals surface area contributed by atoms with Gasteiger partial charge in [-0.3, -0.25) is 14.5 Å². The molecule has 0 aromatic rings. The van der Waals surface area contributed by atoms with Crippen molar-refractivity contribution in [3.05, 3.63) is 0 Å². The van der Waals surface area contributed by atoms with E-state index in [-0.39, 0.29) is 0 Å². The van der Waals surface area contributed by atoms with Gasteiger partial charge >= 0.3 is 5.97 Å². The number of rotatable bonds is 2. The van der Waals surface area contributed by atoms with Crippen molar-refractivity contribution in [3.8, 4) is 12.5 Å². The van der Waals surface area contributed by atoms with Crippen LogP contribution in [0.2, 0.25) is 0 Å². The first-order valence-electron chi connectivity index (χ1n) is 2.54. The van der Waals surface area contributed by atoms with Crippen LogP contribution in [-0.2, 0) is 9.59 Å². The van der Waals surface area contributed by atoms with Crippen LogP contribution in [-0.4, -0.2) is 28.4 Å². The molecule has 4 heteroatoms. The molecule has 0 atom stereocenters. The molecule has 1 amide bonds. The van der Waals surface area contributed by atoms with E-state index in [0.29, 0.717) is 0 Å². The molecule has 0 aromatic heterocycles. The van der Waals surface area contributed by atoms with E-state index in [2.05, 4.69) is 0 Å². The fraction of sp³-hybridized carbons (Fsp3) is 0.333. The Morgan fingerprint density at radius 1 is 1.70 bits per heavy atom. The zero-order valence-electron chi connectivity index (χ0n) is 5.50. The van der Waals surface area contributed by atoms with E-state index in [1.54, 1.807) is 0 Å². The average Bonchev–Trinajstić information content (AvgIpc) is 1.81. The van der Waals surface area contributed by atoms with Gasteiger partial charge in [-0.05, 0) is 0 Å². The van der Waals surface area contributed by atoms with E-state index < -0.39 is 18.4 Å². The SMILES string of the molecule is C#CN(CC(=O)O)C(C)=O. The number of carboxylic acids is 1. The van der Waals surface area contributed by atoms with Gasteiger partial charge in [0.2, 0.25) is 5.91 Å². The van der Waals surface area contributed by atoms with E-state index in [0.717, 1.165) is 4.90 Å². The van der Waals surface area contributed by atoms with Crippen molar-refractivity contribution < 1.29 is 14.7 Å². The molecule has 0 aliphatic heterocycles. The Morgan fingerprint density at radius 3 is 2.30 bits per heavy atom. The number of carbonyl (C=O) groups excluding carboxylic acids is 1. The summed E-state index contributed by atoms with van der Waals surface area (Å²) >= 11 is 0. The topological polar surface area (TPSA) is 57.6 Å². The largest absolute Gasteiger partial charge is 0.480 e. The quantitative estimate of drug-likeness (QED) is 0.417. The van der Waals surface area contributed by atoms with Gasteiger partial charge in [0.25, 0.3) is 0 Å². The predicted octanol–water partition coefficient (Wildman–Crippen LogP) is -0.490. The second-order valence-corrected chi connectivity index (χ2v) is 1.63. The lowest BCUT2D eigenvalue weighted by atomic mass is 10.5. The molecule has 0 spiro atoms. The minimum Gasteiger partial charge on any atom is -0.480 e. The molecule has 0 saturated carbocycles. The number of carboxylic acid groups (broad SMARTS) is 1. The Morgan fingerprint density at radius 2 is 2.20 bits per heavy atom. The Bertz CT molecular complexity index is 192. The number of aliphatic carboxylic acids is 1. The van der Waals surface area contributed by atoms with E-state index in [1.165, 1.54) is 6.92 Å². The molecular weight excluding hydrogens is 134 g/mol. The Balaban J connectivity index is 4.00. The summed E-state index contributed by atoms with van der Waals surface area (Å²) in [4.78, 5) is 21.2. The van der Waals surface area contributed by atoms with Crippen LogP contribution in [0, 0.1) is 12.5 Å². The van der Waals surface area contributed by atoms with Crippen LogP contribution in [0.15, 0.2) is 0 Å². The van der Waals surface area contributed by atoms with Crippen LogP contribution in [0.3, 0.4) is 0 Å². The molecule has 0 fully saturated rings. The van der Waals surface area contributed by atoms with Crippen LogP contribution < -0.4 is 0 Å². The average molecular weight is 141 g/mol. The number of hydrogen-bond donors (Lipinski definition) is 1. The van der Waals surface area contributed by atoms with Crippen LogP contribution in [0.25, 0.3) is 0 Å². The predicted molar refractivity (Wildman–Crippen MR) is 33.9 cm³/mol. The fourth-order valence-corrected chi connectivity index (χ4v) is 0.383. The van der Waals surface area contributed by atoms with Crippen LogP contribution in [0.1, 0.15) is 6.92 Å². The summed E-state index contributed by atoms with van der Waals surface area (Å²) in [6.45, 7) is 0.772. The van der Waals surface area contributed by atoms with Crippen molar-refractivity contribution in [2.24, 2.45) is 0 Å². The summed E-state index contributed by atoms with van der Waals surface area (Å²) in [5.74, 6) is -1.56. The van der Waals surface area contributed by atoms with Crippen molar-refractivity contribution in [2.75, 3.05) is 6.54 Å². The lowest BCUT2D eigenvalue weighted by Gasteiger charge is -2.07. The third-order valence-electron chi connectivity index (χ3n) is 0.829. The molecule has 0 aliphatic rings. The molecule has 0 aliphatic carbocycles. The molecule has 0 aromatic carbocycles. The van der Waals surface area contributed by atoms with Gasteiger partial charge in [-0.25, -0.2) is 0 Å². The highest BCUT2D eigenvalue weighted by atomic mass is 16.4. The number of amides is 1. The normalized spacial score (nSPS) is 8.00. The summed E-state index contributed by atoms with van der Waals surface area (Å²) in [5.41, 5.74) is 0. The highest BCUT2D eigenvalue weighted by Crippen LogP contribution is 1.84. The maximum atomic E-state index is 10.4. The molecule has 0 heterocycles. The van der Waals surface area contributed by atoms with Crippen molar-refractivity contribution in [2.45, 2.75) is 6.92 Å². The molecule has 0 radical (unpaired) electrons. The molecule has 0 saturated heterocycles. The zero-order chi connectivity index (χ0) is 8.15. The van der Waals surface area contributed by atoms with Crippen molar-refractivity contribution in [1.82, 2.24) is 4.90 Å². The summed E-state index contributed by atoms with van der Waals surface area (Å²) < 4.78 is 0. The molecule has 54 valence electrons. The van der Waals surface area contributed by atoms with Crippen LogP contribution in [0.4, 0.5) is 0 Å². The second-order valence-electron chi connectivity index (χ2n) is 1.63. The van der Waals surface area contributed by atoms with Gasteiger partial charge in [0.05, 0.1) is 0 Å². The maximum Gasteiger partial charge on any atom is 0.324 e.